The highest BCUT2D eigenvalue weighted by Gasteiger charge is 2.61. The molecule has 0 aliphatic heterocycles. The molecule has 4 fully saturated rings. The number of halogens is 1. The molecule has 4 aliphatic carbocycles. The van der Waals surface area contributed by atoms with Crippen LogP contribution in [0, 0.1) is 35.4 Å². The number of aliphatic carboxylic acids is 1. The Labute approximate surface area is 130 Å². The van der Waals surface area contributed by atoms with Crippen molar-refractivity contribution in [2.75, 3.05) is 0 Å². The molecule has 0 aromatic heterocycles. The molecular weight excluding hydrogens is 279 g/mol. The fourth-order valence-corrected chi connectivity index (χ4v) is 6.25. The summed E-state index contributed by atoms with van der Waals surface area (Å²) in [5.74, 6) is 2.06. The summed E-state index contributed by atoms with van der Waals surface area (Å²) in [6, 6.07) is 6.67. The van der Waals surface area contributed by atoms with Gasteiger partial charge in [0.25, 0.3) is 0 Å². The minimum Gasteiger partial charge on any atom is -0.481 e. The van der Waals surface area contributed by atoms with E-state index in [1.165, 1.54) is 18.6 Å². The zero-order chi connectivity index (χ0) is 15.5. The maximum atomic E-state index is 13.4. The first-order valence-corrected chi connectivity index (χ1v) is 8.48. The van der Waals surface area contributed by atoms with Crippen molar-refractivity contribution in [3.8, 4) is 0 Å². The minimum atomic E-state index is -0.719. The van der Waals surface area contributed by atoms with Crippen LogP contribution in [0.5, 0.6) is 0 Å². The van der Waals surface area contributed by atoms with Crippen LogP contribution in [0.25, 0.3) is 0 Å². The molecule has 0 amide bonds. The van der Waals surface area contributed by atoms with E-state index in [9.17, 15) is 14.3 Å². The molecule has 4 aliphatic rings. The lowest BCUT2D eigenvalue weighted by molar-refractivity contribution is -0.149. The van der Waals surface area contributed by atoms with Crippen LogP contribution in [0.3, 0.4) is 0 Å². The average Bonchev–Trinajstić information content (AvgIpc) is 2.48. The molecule has 1 aromatic carbocycles. The quantitative estimate of drug-likeness (QED) is 0.906. The van der Waals surface area contributed by atoms with E-state index in [4.69, 9.17) is 0 Å². The Hall–Kier alpha value is -1.38. The second-order valence-electron chi connectivity index (χ2n) is 7.85. The number of carboxylic acids is 1. The van der Waals surface area contributed by atoms with Crippen LogP contribution in [0.2, 0.25) is 0 Å². The molecule has 6 atom stereocenters. The number of hydrogen-bond acceptors (Lipinski definition) is 1. The van der Waals surface area contributed by atoms with Gasteiger partial charge in [-0.1, -0.05) is 19.1 Å². The second-order valence-corrected chi connectivity index (χ2v) is 7.85. The molecule has 22 heavy (non-hydrogen) atoms. The van der Waals surface area contributed by atoms with Gasteiger partial charge >= 0.3 is 5.97 Å². The van der Waals surface area contributed by atoms with Gasteiger partial charge in [-0.2, -0.15) is 0 Å². The molecule has 5 unspecified atom stereocenters. The summed E-state index contributed by atoms with van der Waals surface area (Å²) in [4.78, 5) is 11.7. The predicted octanol–water partition coefficient (Wildman–Crippen LogP) is 4.24. The van der Waals surface area contributed by atoms with Crippen molar-refractivity contribution >= 4 is 5.97 Å². The van der Waals surface area contributed by atoms with Gasteiger partial charge in [-0.05, 0) is 73.0 Å². The van der Waals surface area contributed by atoms with E-state index in [2.05, 4.69) is 6.92 Å². The normalized spacial score (nSPS) is 42.5. The van der Waals surface area contributed by atoms with Crippen molar-refractivity contribution < 1.29 is 14.3 Å². The molecule has 3 heteroatoms. The monoisotopic (exact) mass is 302 g/mol. The number of benzene rings is 1. The Morgan fingerprint density at radius 3 is 2.64 bits per heavy atom. The van der Waals surface area contributed by atoms with Gasteiger partial charge in [0, 0.05) is 5.41 Å². The third-order valence-corrected chi connectivity index (χ3v) is 7.02. The third-order valence-electron chi connectivity index (χ3n) is 7.02. The number of carboxylic acid groups (broad SMARTS) is 1. The first-order valence-electron chi connectivity index (χ1n) is 8.48. The van der Waals surface area contributed by atoms with Crippen LogP contribution in [0.4, 0.5) is 4.39 Å². The lowest BCUT2D eigenvalue weighted by Gasteiger charge is -2.64. The molecule has 5 rings (SSSR count). The molecule has 0 saturated heterocycles. The van der Waals surface area contributed by atoms with Gasteiger partial charge in [-0.25, -0.2) is 4.39 Å². The van der Waals surface area contributed by atoms with E-state index >= 15 is 0 Å². The van der Waals surface area contributed by atoms with Crippen LogP contribution >= 0.6 is 0 Å². The molecule has 1 N–H and O–H groups in total. The number of carbonyl (C=O) groups is 1. The Morgan fingerprint density at radius 1 is 1.23 bits per heavy atom. The molecule has 118 valence electrons. The largest absolute Gasteiger partial charge is 0.481 e. The van der Waals surface area contributed by atoms with Gasteiger partial charge in [-0.15, -0.1) is 0 Å². The number of rotatable bonds is 3. The van der Waals surface area contributed by atoms with E-state index < -0.39 is 5.97 Å². The van der Waals surface area contributed by atoms with Crippen molar-refractivity contribution in [2.24, 2.45) is 29.6 Å². The zero-order valence-corrected chi connectivity index (χ0v) is 13.0. The average molecular weight is 302 g/mol. The molecule has 1 aromatic rings. The van der Waals surface area contributed by atoms with Gasteiger partial charge in [0.05, 0.1) is 6.42 Å². The molecule has 4 bridgehead atoms. The lowest BCUT2D eigenvalue weighted by atomic mass is 9.40. The Morgan fingerprint density at radius 2 is 1.95 bits per heavy atom. The van der Waals surface area contributed by atoms with Crippen molar-refractivity contribution in [2.45, 2.75) is 44.4 Å². The van der Waals surface area contributed by atoms with Gasteiger partial charge in [-0.3, -0.25) is 4.79 Å². The summed E-state index contributed by atoms with van der Waals surface area (Å²) in [5.41, 5.74) is 0.767. The maximum absolute atomic E-state index is 13.4. The first-order chi connectivity index (χ1) is 10.5. The summed E-state index contributed by atoms with van der Waals surface area (Å²) >= 11 is 0. The molecule has 2 nitrogen and oxygen atoms in total. The van der Waals surface area contributed by atoms with E-state index in [0.717, 1.165) is 36.7 Å². The molecular formula is C19H23FO2. The summed E-state index contributed by atoms with van der Waals surface area (Å²) < 4.78 is 13.4. The van der Waals surface area contributed by atoms with E-state index in [1.54, 1.807) is 0 Å². The topological polar surface area (TPSA) is 37.3 Å². The van der Waals surface area contributed by atoms with Crippen LogP contribution < -0.4 is 0 Å². The molecule has 4 saturated carbocycles. The summed E-state index contributed by atoms with van der Waals surface area (Å²) in [6.07, 6.45) is 4.99. The fourth-order valence-electron chi connectivity index (χ4n) is 6.25. The standard InChI is InChI=1S/C19H23FO2/c1-11-13-6-12-7-15(9-13)19(10-18(21)22,17(11)8-12)14-2-4-16(20)5-3-14/h2-5,11-13,15,17H,6-10H2,1H3,(H,21,22)/t11?,12?,13?,15?,17?,19-/m1/s1. The van der Waals surface area contributed by atoms with Crippen LogP contribution in [-0.4, -0.2) is 11.1 Å². The van der Waals surface area contributed by atoms with Gasteiger partial charge in [0.15, 0.2) is 0 Å². The Bertz CT molecular complexity index is 596. The van der Waals surface area contributed by atoms with E-state index in [-0.39, 0.29) is 17.7 Å². The SMILES string of the molecule is CC1C2CC3CC(C2)[C@@](CC(=O)O)(c2ccc(F)cc2)C1C3. The molecule has 0 heterocycles. The van der Waals surface area contributed by atoms with Crippen molar-refractivity contribution in [1.82, 2.24) is 0 Å². The van der Waals surface area contributed by atoms with E-state index in [0.29, 0.717) is 17.8 Å². The second kappa shape index (κ2) is 4.81. The third kappa shape index (κ3) is 1.87. The van der Waals surface area contributed by atoms with Crippen LogP contribution in [0.1, 0.15) is 44.6 Å². The summed E-state index contributed by atoms with van der Waals surface area (Å²) in [6.45, 7) is 2.31. The highest BCUT2D eigenvalue weighted by molar-refractivity contribution is 5.69. The minimum absolute atomic E-state index is 0.192. The maximum Gasteiger partial charge on any atom is 0.304 e. The zero-order valence-electron chi connectivity index (χ0n) is 13.0. The lowest BCUT2D eigenvalue weighted by Crippen LogP contribution is -2.59. The number of hydrogen-bond donors (Lipinski definition) is 1. The Balaban J connectivity index is 1.84. The van der Waals surface area contributed by atoms with Gasteiger partial charge < -0.3 is 5.11 Å². The molecule has 0 spiro atoms. The van der Waals surface area contributed by atoms with Crippen LogP contribution in [-0.2, 0) is 10.2 Å². The summed E-state index contributed by atoms with van der Waals surface area (Å²) in [7, 11) is 0. The van der Waals surface area contributed by atoms with Gasteiger partial charge in [0.2, 0.25) is 0 Å². The Kier molecular flexibility index (Phi) is 3.11. The highest BCUT2D eigenvalue weighted by Crippen LogP contribution is 2.66. The predicted molar refractivity (Wildman–Crippen MR) is 81.9 cm³/mol. The highest BCUT2D eigenvalue weighted by atomic mass is 19.1. The van der Waals surface area contributed by atoms with Gasteiger partial charge in [0.1, 0.15) is 5.82 Å². The molecule has 0 radical (unpaired) electrons. The van der Waals surface area contributed by atoms with E-state index in [1.807, 2.05) is 12.1 Å². The van der Waals surface area contributed by atoms with Crippen molar-refractivity contribution in [3.05, 3.63) is 35.6 Å². The smallest absolute Gasteiger partial charge is 0.304 e. The van der Waals surface area contributed by atoms with Crippen LogP contribution in [0.15, 0.2) is 24.3 Å². The first kappa shape index (κ1) is 14.2. The van der Waals surface area contributed by atoms with Crippen molar-refractivity contribution in [1.29, 1.82) is 0 Å². The van der Waals surface area contributed by atoms with Crippen molar-refractivity contribution in [3.63, 3.8) is 0 Å². The summed E-state index contributed by atoms with van der Waals surface area (Å²) in [5, 5.41) is 9.59. The fraction of sp³-hybridized carbons (Fsp3) is 0.632.